The van der Waals surface area contributed by atoms with Crippen LogP contribution in [-0.2, 0) is 0 Å². The van der Waals surface area contributed by atoms with Gasteiger partial charge in [0.1, 0.15) is 0 Å². The molecule has 0 radical (unpaired) electrons. The van der Waals surface area contributed by atoms with E-state index in [4.69, 9.17) is 0 Å². The number of rotatable bonds is 2. The van der Waals surface area contributed by atoms with E-state index in [1.165, 1.54) is 4.90 Å². The van der Waals surface area contributed by atoms with E-state index in [0.29, 0.717) is 0 Å². The van der Waals surface area contributed by atoms with Crippen LogP contribution in [0.25, 0.3) is 0 Å². The molecule has 0 unspecified atom stereocenters. The van der Waals surface area contributed by atoms with Crippen molar-refractivity contribution in [3.63, 3.8) is 0 Å². The molecule has 0 spiro atoms. The average molecular weight is 198 g/mol. The molecule has 2 heteroatoms. The molecule has 0 aliphatic carbocycles. The Morgan fingerprint density at radius 2 is 1.50 bits per heavy atom. The van der Waals surface area contributed by atoms with Crippen molar-refractivity contribution in [3.05, 3.63) is 24.3 Å². The summed E-state index contributed by atoms with van der Waals surface area (Å²) < 4.78 is 0. The van der Waals surface area contributed by atoms with Crippen molar-refractivity contribution in [1.29, 1.82) is 0 Å². The highest BCUT2D eigenvalue weighted by Crippen LogP contribution is 2.26. The molecule has 0 aromatic heterocycles. The zero-order valence-corrected chi connectivity index (χ0v) is 10.4. The minimum atomic E-state index is -0.574. The van der Waals surface area contributed by atoms with Crippen LogP contribution in [0.2, 0.25) is 13.1 Å². The van der Waals surface area contributed by atoms with Gasteiger partial charge < -0.3 is 0 Å². The summed E-state index contributed by atoms with van der Waals surface area (Å²) in [4.78, 5) is 1.52. The molecule has 68 valence electrons. The zero-order valence-electron chi connectivity index (χ0n) is 8.33. The van der Waals surface area contributed by atoms with E-state index in [1.807, 2.05) is 0 Å². The fourth-order valence-corrected chi connectivity index (χ4v) is 2.86. The highest BCUT2D eigenvalue weighted by molar-refractivity contribution is 8.15. The Morgan fingerprint density at radius 3 is 1.83 bits per heavy atom. The minimum absolute atomic E-state index is 0.0882. The van der Waals surface area contributed by atoms with Crippen molar-refractivity contribution < 1.29 is 0 Å². The number of hydrogen-bond donors (Lipinski definition) is 1. The SMILES string of the molecule is C[SiH](C)c1ccc([SH](C)C)cc1. The molecule has 1 aromatic carbocycles. The molecule has 0 atom stereocenters. The van der Waals surface area contributed by atoms with Gasteiger partial charge >= 0.3 is 0 Å². The Hall–Kier alpha value is -0.213. The van der Waals surface area contributed by atoms with Gasteiger partial charge in [-0.3, -0.25) is 0 Å². The van der Waals surface area contributed by atoms with Gasteiger partial charge in [0, 0.05) is 0 Å². The second-order valence-corrected chi connectivity index (χ2v) is 8.92. The summed E-state index contributed by atoms with van der Waals surface area (Å²) >= 11 is 0. The fourth-order valence-electron chi connectivity index (χ4n) is 1.16. The summed E-state index contributed by atoms with van der Waals surface area (Å²) in [5.41, 5.74) is 0. The monoisotopic (exact) mass is 198 g/mol. The van der Waals surface area contributed by atoms with Crippen molar-refractivity contribution in [2.75, 3.05) is 12.5 Å². The topological polar surface area (TPSA) is 0 Å². The third-order valence-corrected chi connectivity index (χ3v) is 5.13. The number of thiol groups is 1. The first-order chi connectivity index (χ1) is 5.61. The molecule has 0 amide bonds. The highest BCUT2D eigenvalue weighted by atomic mass is 32.2. The third kappa shape index (κ3) is 2.39. The Morgan fingerprint density at radius 1 is 1.00 bits per heavy atom. The lowest BCUT2D eigenvalue weighted by molar-refractivity contribution is 1.47. The van der Waals surface area contributed by atoms with Crippen molar-refractivity contribution >= 4 is 24.9 Å². The summed E-state index contributed by atoms with van der Waals surface area (Å²) in [6.07, 6.45) is 4.61. The lowest BCUT2D eigenvalue weighted by Gasteiger charge is -2.11. The first kappa shape index (κ1) is 9.87. The van der Waals surface area contributed by atoms with Gasteiger partial charge in [-0.15, -0.1) is 0 Å². The van der Waals surface area contributed by atoms with E-state index in [2.05, 4.69) is 49.9 Å². The molecular formula is C10H18SSi. The lowest BCUT2D eigenvalue weighted by atomic mass is 10.4. The van der Waals surface area contributed by atoms with Crippen LogP contribution in [0.4, 0.5) is 0 Å². The summed E-state index contributed by atoms with van der Waals surface area (Å²) in [6.45, 7) is 4.74. The van der Waals surface area contributed by atoms with Crippen LogP contribution in [0.1, 0.15) is 0 Å². The smallest absolute Gasteiger partial charge is 0.0647 e. The molecule has 0 aliphatic rings. The summed E-state index contributed by atoms with van der Waals surface area (Å²) in [5.74, 6) is 0. The van der Waals surface area contributed by atoms with Crippen LogP contribution in [0.3, 0.4) is 0 Å². The van der Waals surface area contributed by atoms with Crippen molar-refractivity contribution in [1.82, 2.24) is 0 Å². The first-order valence-corrected chi connectivity index (χ1v) is 9.51. The van der Waals surface area contributed by atoms with E-state index in [0.717, 1.165) is 0 Å². The Balaban J connectivity index is 2.86. The van der Waals surface area contributed by atoms with Crippen molar-refractivity contribution in [2.24, 2.45) is 0 Å². The minimum Gasteiger partial charge on any atom is -0.233 e. The van der Waals surface area contributed by atoms with Crippen LogP contribution in [-0.4, -0.2) is 21.3 Å². The predicted octanol–water partition coefficient (Wildman–Crippen LogP) is 2.00. The normalized spacial score (nSPS) is 11.9. The van der Waals surface area contributed by atoms with Gasteiger partial charge in [-0.2, -0.15) is 0 Å². The van der Waals surface area contributed by atoms with Gasteiger partial charge in [-0.1, -0.05) is 42.5 Å². The number of hydrogen-bond acceptors (Lipinski definition) is 0. The second-order valence-electron chi connectivity index (χ2n) is 3.64. The second kappa shape index (κ2) is 4.15. The van der Waals surface area contributed by atoms with E-state index in [-0.39, 0.29) is 10.9 Å². The van der Waals surface area contributed by atoms with Gasteiger partial charge in [0.25, 0.3) is 0 Å². The maximum absolute atomic E-state index is 2.37. The zero-order chi connectivity index (χ0) is 9.14. The largest absolute Gasteiger partial charge is 0.233 e. The van der Waals surface area contributed by atoms with E-state index in [9.17, 15) is 0 Å². The van der Waals surface area contributed by atoms with Gasteiger partial charge in [0.05, 0.1) is 8.80 Å². The van der Waals surface area contributed by atoms with Crippen molar-refractivity contribution in [3.8, 4) is 0 Å². The Bertz CT molecular complexity index is 212. The van der Waals surface area contributed by atoms with Gasteiger partial charge in [0.15, 0.2) is 0 Å². The molecule has 12 heavy (non-hydrogen) atoms. The molecule has 0 heterocycles. The predicted molar refractivity (Wildman–Crippen MR) is 64.1 cm³/mol. The quantitative estimate of drug-likeness (QED) is 0.545. The molecule has 1 aromatic rings. The summed E-state index contributed by atoms with van der Waals surface area (Å²) in [7, 11) is -0.485. The van der Waals surface area contributed by atoms with Crippen LogP contribution in [0.5, 0.6) is 0 Å². The average Bonchev–Trinajstić information content (AvgIpc) is 2.04. The lowest BCUT2D eigenvalue weighted by Crippen LogP contribution is -2.21. The van der Waals surface area contributed by atoms with Gasteiger partial charge in [0.2, 0.25) is 0 Å². The molecule has 0 nitrogen and oxygen atoms in total. The molecule has 0 aliphatic heterocycles. The van der Waals surface area contributed by atoms with Crippen LogP contribution in [0.15, 0.2) is 29.2 Å². The molecule has 0 fully saturated rings. The Kier molecular flexibility index (Phi) is 3.41. The van der Waals surface area contributed by atoms with Crippen molar-refractivity contribution in [2.45, 2.75) is 18.0 Å². The molecule has 0 saturated carbocycles. The van der Waals surface area contributed by atoms with E-state index in [1.54, 1.807) is 5.19 Å². The van der Waals surface area contributed by atoms with Crippen LogP contribution < -0.4 is 5.19 Å². The summed E-state index contributed by atoms with van der Waals surface area (Å²) in [6, 6.07) is 9.23. The first-order valence-electron chi connectivity index (χ1n) is 4.38. The molecule has 0 N–H and O–H groups in total. The maximum atomic E-state index is 2.37. The summed E-state index contributed by atoms with van der Waals surface area (Å²) in [5, 5.41) is 1.58. The molecule has 0 bridgehead atoms. The van der Waals surface area contributed by atoms with Crippen LogP contribution >= 0.6 is 10.9 Å². The molecule has 0 saturated heterocycles. The molecular weight excluding hydrogens is 180 g/mol. The molecule has 1 rings (SSSR count). The van der Waals surface area contributed by atoms with Gasteiger partial charge in [-0.25, -0.2) is 10.9 Å². The van der Waals surface area contributed by atoms with Gasteiger partial charge in [-0.05, 0) is 17.4 Å². The maximum Gasteiger partial charge on any atom is 0.0647 e. The van der Waals surface area contributed by atoms with E-state index < -0.39 is 8.80 Å². The number of benzene rings is 1. The fraction of sp³-hybridized carbons (Fsp3) is 0.400. The van der Waals surface area contributed by atoms with E-state index >= 15 is 0 Å². The standard InChI is InChI=1S/C10H18SSi/c1-11(2)9-5-7-10(8-6-9)12(3)4/h5-8,11-12H,1-4H3. The highest BCUT2D eigenvalue weighted by Gasteiger charge is 2.00. The van der Waals surface area contributed by atoms with Crippen LogP contribution in [0, 0.1) is 0 Å². The Labute approximate surface area is 80.0 Å². The third-order valence-electron chi connectivity index (χ3n) is 2.08.